The maximum Gasteiger partial charge on any atom is 0.176 e. The number of carbonyl (C=O) groups excluding carboxylic acids is 1. The summed E-state index contributed by atoms with van der Waals surface area (Å²) in [5, 5.41) is 0. The van der Waals surface area contributed by atoms with E-state index in [2.05, 4.69) is 6.92 Å². The Labute approximate surface area is 89.2 Å². The fourth-order valence-electron chi connectivity index (χ4n) is 2.19. The van der Waals surface area contributed by atoms with Crippen LogP contribution in [0.1, 0.15) is 35.7 Å². The van der Waals surface area contributed by atoms with E-state index < -0.39 is 0 Å². The van der Waals surface area contributed by atoms with Crippen LogP contribution in [-0.4, -0.2) is 12.4 Å². The molecule has 2 heteroatoms. The molecule has 1 fully saturated rings. The van der Waals surface area contributed by atoms with Crippen molar-refractivity contribution < 1.29 is 9.53 Å². The Morgan fingerprint density at radius 2 is 2.20 bits per heavy atom. The number of Topliss-reactive ketones (excluding diaryl/α,β-unsaturated/α-hetero) is 1. The largest absolute Gasteiger partial charge is 0.492 e. The molecular formula is C13H14O2. The lowest BCUT2D eigenvalue weighted by Gasteiger charge is -2.24. The molecule has 1 aliphatic heterocycles. The van der Waals surface area contributed by atoms with E-state index in [1.807, 2.05) is 18.2 Å². The second-order valence-corrected chi connectivity index (χ2v) is 4.58. The van der Waals surface area contributed by atoms with Gasteiger partial charge in [0.15, 0.2) is 5.78 Å². The van der Waals surface area contributed by atoms with Crippen LogP contribution in [0.25, 0.3) is 0 Å². The lowest BCUT2D eigenvalue weighted by molar-refractivity contribution is 0.0798. The van der Waals surface area contributed by atoms with Crippen molar-refractivity contribution in [1.29, 1.82) is 0 Å². The van der Waals surface area contributed by atoms with Crippen LogP contribution in [0, 0.1) is 5.41 Å². The normalized spacial score (nSPS) is 21.0. The van der Waals surface area contributed by atoms with E-state index in [9.17, 15) is 4.79 Å². The zero-order valence-electron chi connectivity index (χ0n) is 8.88. The van der Waals surface area contributed by atoms with Crippen molar-refractivity contribution in [2.45, 2.75) is 26.2 Å². The first-order valence-electron chi connectivity index (χ1n) is 5.56. The van der Waals surface area contributed by atoms with E-state index in [1.54, 1.807) is 0 Å². The Morgan fingerprint density at radius 1 is 1.40 bits per heavy atom. The van der Waals surface area contributed by atoms with Gasteiger partial charge in [0.25, 0.3) is 0 Å². The van der Waals surface area contributed by atoms with Gasteiger partial charge in [0.1, 0.15) is 12.4 Å². The standard InChI is InChI=1S/C13H14O2/c1-2-9-3-4-11-10(7-9)12(14)13(5-6-13)8-15-11/h3-4,7H,2,5-6,8H2,1H3. The molecule has 0 atom stereocenters. The third kappa shape index (κ3) is 1.21. The average molecular weight is 202 g/mol. The van der Waals surface area contributed by atoms with Gasteiger partial charge < -0.3 is 4.74 Å². The predicted octanol–water partition coefficient (Wildman–Crippen LogP) is 2.60. The SMILES string of the molecule is CCc1ccc2c(c1)C(=O)C1(CC1)CO2. The van der Waals surface area contributed by atoms with Crippen molar-refractivity contribution in [2.75, 3.05) is 6.61 Å². The number of ketones is 1. The van der Waals surface area contributed by atoms with Crippen LogP contribution in [0.15, 0.2) is 18.2 Å². The maximum atomic E-state index is 12.2. The third-order valence-electron chi connectivity index (χ3n) is 3.54. The topological polar surface area (TPSA) is 26.3 Å². The molecule has 0 bridgehead atoms. The molecule has 0 aromatic heterocycles. The van der Waals surface area contributed by atoms with Crippen molar-refractivity contribution in [3.05, 3.63) is 29.3 Å². The smallest absolute Gasteiger partial charge is 0.176 e. The summed E-state index contributed by atoms with van der Waals surface area (Å²) in [6.45, 7) is 2.69. The molecule has 1 saturated carbocycles. The average Bonchev–Trinajstić information content (AvgIpc) is 3.05. The number of ether oxygens (including phenoxy) is 1. The highest BCUT2D eigenvalue weighted by Gasteiger charge is 2.53. The van der Waals surface area contributed by atoms with Gasteiger partial charge >= 0.3 is 0 Å². The summed E-state index contributed by atoms with van der Waals surface area (Å²) in [6, 6.07) is 5.97. The van der Waals surface area contributed by atoms with Crippen LogP contribution in [0.3, 0.4) is 0 Å². The first kappa shape index (κ1) is 8.96. The summed E-state index contributed by atoms with van der Waals surface area (Å²) in [6.07, 6.45) is 2.97. The van der Waals surface area contributed by atoms with Crippen molar-refractivity contribution in [3.63, 3.8) is 0 Å². The van der Waals surface area contributed by atoms with Gasteiger partial charge in [-0.3, -0.25) is 4.79 Å². The van der Waals surface area contributed by atoms with Crippen LogP contribution in [0.5, 0.6) is 5.75 Å². The van der Waals surface area contributed by atoms with Crippen LogP contribution in [0.2, 0.25) is 0 Å². The highest BCUT2D eigenvalue weighted by Crippen LogP contribution is 2.52. The van der Waals surface area contributed by atoms with E-state index in [1.165, 1.54) is 5.56 Å². The molecule has 1 aromatic carbocycles. The lowest BCUT2D eigenvalue weighted by Crippen LogP contribution is -2.29. The number of carbonyl (C=O) groups is 1. The molecule has 15 heavy (non-hydrogen) atoms. The summed E-state index contributed by atoms with van der Waals surface area (Å²) in [7, 11) is 0. The lowest BCUT2D eigenvalue weighted by atomic mass is 9.91. The van der Waals surface area contributed by atoms with E-state index >= 15 is 0 Å². The molecule has 78 valence electrons. The Morgan fingerprint density at radius 3 is 2.87 bits per heavy atom. The minimum atomic E-state index is -0.140. The molecule has 1 aromatic rings. The Hall–Kier alpha value is -1.31. The molecule has 1 heterocycles. The second kappa shape index (κ2) is 2.84. The van der Waals surface area contributed by atoms with Gasteiger partial charge in [0.05, 0.1) is 11.0 Å². The molecule has 2 nitrogen and oxygen atoms in total. The number of fused-ring (bicyclic) bond motifs is 1. The zero-order valence-corrected chi connectivity index (χ0v) is 8.88. The first-order chi connectivity index (χ1) is 7.25. The number of benzene rings is 1. The van der Waals surface area contributed by atoms with Crippen molar-refractivity contribution in [3.8, 4) is 5.75 Å². The molecule has 1 aliphatic carbocycles. The predicted molar refractivity (Wildman–Crippen MR) is 57.3 cm³/mol. The minimum Gasteiger partial charge on any atom is -0.492 e. The Kier molecular flexibility index (Phi) is 1.70. The zero-order chi connectivity index (χ0) is 10.5. The van der Waals surface area contributed by atoms with Gasteiger partial charge in [-0.15, -0.1) is 0 Å². The molecule has 0 unspecified atom stereocenters. The summed E-state index contributed by atoms with van der Waals surface area (Å²) in [4.78, 5) is 12.2. The maximum absolute atomic E-state index is 12.2. The summed E-state index contributed by atoms with van der Waals surface area (Å²) in [5.41, 5.74) is 1.88. The van der Waals surface area contributed by atoms with Crippen LogP contribution in [0.4, 0.5) is 0 Å². The molecule has 1 spiro atoms. The van der Waals surface area contributed by atoms with E-state index in [0.29, 0.717) is 12.4 Å². The van der Waals surface area contributed by atoms with Gasteiger partial charge in [-0.1, -0.05) is 13.0 Å². The van der Waals surface area contributed by atoms with Gasteiger partial charge in [-0.05, 0) is 37.0 Å². The minimum absolute atomic E-state index is 0.140. The van der Waals surface area contributed by atoms with Crippen LogP contribution >= 0.6 is 0 Å². The summed E-state index contributed by atoms with van der Waals surface area (Å²) in [5.74, 6) is 1.08. The van der Waals surface area contributed by atoms with Crippen molar-refractivity contribution >= 4 is 5.78 Å². The highest BCUT2D eigenvalue weighted by molar-refractivity contribution is 6.05. The Balaban J connectivity index is 2.08. The number of rotatable bonds is 1. The molecule has 0 amide bonds. The molecule has 3 rings (SSSR count). The fraction of sp³-hybridized carbons (Fsp3) is 0.462. The molecule has 0 saturated heterocycles. The number of aryl methyl sites for hydroxylation is 1. The highest BCUT2D eigenvalue weighted by atomic mass is 16.5. The molecular weight excluding hydrogens is 188 g/mol. The van der Waals surface area contributed by atoms with Gasteiger partial charge in [0, 0.05) is 0 Å². The fourth-order valence-corrected chi connectivity index (χ4v) is 2.19. The number of hydrogen-bond donors (Lipinski definition) is 0. The third-order valence-corrected chi connectivity index (χ3v) is 3.54. The molecule has 2 aliphatic rings. The second-order valence-electron chi connectivity index (χ2n) is 4.58. The van der Waals surface area contributed by atoms with Gasteiger partial charge in [0.2, 0.25) is 0 Å². The first-order valence-corrected chi connectivity index (χ1v) is 5.56. The van der Waals surface area contributed by atoms with Crippen molar-refractivity contribution in [2.24, 2.45) is 5.41 Å². The van der Waals surface area contributed by atoms with Crippen LogP contribution < -0.4 is 4.74 Å². The van der Waals surface area contributed by atoms with Crippen LogP contribution in [-0.2, 0) is 6.42 Å². The summed E-state index contributed by atoms with van der Waals surface area (Å²) >= 11 is 0. The molecule has 0 N–H and O–H groups in total. The monoisotopic (exact) mass is 202 g/mol. The van der Waals surface area contributed by atoms with Gasteiger partial charge in [-0.25, -0.2) is 0 Å². The van der Waals surface area contributed by atoms with E-state index in [4.69, 9.17) is 4.74 Å². The molecule has 0 radical (unpaired) electrons. The van der Waals surface area contributed by atoms with E-state index in [-0.39, 0.29) is 5.41 Å². The summed E-state index contributed by atoms with van der Waals surface area (Å²) < 4.78 is 5.65. The van der Waals surface area contributed by atoms with Crippen molar-refractivity contribution in [1.82, 2.24) is 0 Å². The van der Waals surface area contributed by atoms with Gasteiger partial charge in [-0.2, -0.15) is 0 Å². The number of hydrogen-bond acceptors (Lipinski definition) is 2. The quantitative estimate of drug-likeness (QED) is 0.699. The van der Waals surface area contributed by atoms with E-state index in [0.717, 1.165) is 30.6 Å². The Bertz CT molecular complexity index is 430.